The zero-order valence-corrected chi connectivity index (χ0v) is 6.83. The summed E-state index contributed by atoms with van der Waals surface area (Å²) in [6.45, 7) is 3.50. The fourth-order valence-corrected chi connectivity index (χ4v) is 1.56. The third-order valence-corrected chi connectivity index (χ3v) is 2.19. The van der Waals surface area contributed by atoms with E-state index in [1.165, 1.54) is 25.5 Å². The van der Waals surface area contributed by atoms with E-state index in [1.54, 1.807) is 6.08 Å². The Kier molecular flexibility index (Phi) is 3.14. The summed E-state index contributed by atoms with van der Waals surface area (Å²) in [5.41, 5.74) is 0. The number of allylic oxidation sites excluding steroid dienone is 1. The van der Waals surface area contributed by atoms with Gasteiger partial charge in [-0.3, -0.25) is 0 Å². The van der Waals surface area contributed by atoms with Crippen molar-refractivity contribution in [2.24, 2.45) is 0 Å². The van der Waals surface area contributed by atoms with Gasteiger partial charge >= 0.3 is 0 Å². The van der Waals surface area contributed by atoms with E-state index in [2.05, 4.69) is 6.58 Å². The zero-order valence-electron chi connectivity index (χ0n) is 6.83. The van der Waals surface area contributed by atoms with Crippen molar-refractivity contribution in [3.8, 4) is 0 Å². The van der Waals surface area contributed by atoms with E-state index in [0.29, 0.717) is 0 Å². The molecular weight excluding hydrogens is 138 g/mol. The van der Waals surface area contributed by atoms with Crippen molar-refractivity contribution in [2.75, 3.05) is 0 Å². The summed E-state index contributed by atoms with van der Waals surface area (Å²) < 4.78 is 1.05. The SMILES string of the molecule is C=C/C=[N+](\[O-])C1CCCCC1. The van der Waals surface area contributed by atoms with Crippen molar-refractivity contribution >= 4 is 6.21 Å². The normalized spacial score (nSPS) is 21.6. The van der Waals surface area contributed by atoms with Crippen LogP contribution in [0, 0.1) is 5.21 Å². The Morgan fingerprint density at radius 2 is 1.91 bits per heavy atom. The van der Waals surface area contributed by atoms with E-state index in [9.17, 15) is 5.21 Å². The lowest BCUT2D eigenvalue weighted by Gasteiger charge is -2.20. The first-order chi connectivity index (χ1) is 5.34. The third-order valence-electron chi connectivity index (χ3n) is 2.19. The Morgan fingerprint density at radius 3 is 2.45 bits per heavy atom. The second-order valence-corrected chi connectivity index (χ2v) is 3.04. The molecule has 0 radical (unpaired) electrons. The summed E-state index contributed by atoms with van der Waals surface area (Å²) in [5.74, 6) is 0. The molecule has 0 aliphatic heterocycles. The number of nitrogens with zero attached hydrogens (tertiary/aromatic N) is 1. The van der Waals surface area contributed by atoms with Crippen molar-refractivity contribution in [1.82, 2.24) is 0 Å². The molecule has 0 saturated heterocycles. The van der Waals surface area contributed by atoms with Gasteiger partial charge in [0.15, 0.2) is 12.3 Å². The van der Waals surface area contributed by atoms with Gasteiger partial charge in [-0.05, 0) is 18.9 Å². The Hall–Kier alpha value is -0.790. The smallest absolute Gasteiger partial charge is 0.174 e. The second kappa shape index (κ2) is 4.16. The maximum absolute atomic E-state index is 11.2. The van der Waals surface area contributed by atoms with Gasteiger partial charge in [-0.2, -0.15) is 0 Å². The van der Waals surface area contributed by atoms with E-state index in [0.717, 1.165) is 17.6 Å². The van der Waals surface area contributed by atoms with E-state index in [4.69, 9.17) is 0 Å². The summed E-state index contributed by atoms with van der Waals surface area (Å²) in [7, 11) is 0. The average Bonchev–Trinajstić information content (AvgIpc) is 2.07. The molecule has 0 unspecified atom stereocenters. The highest BCUT2D eigenvalue weighted by atomic mass is 16.5. The molecule has 0 N–H and O–H groups in total. The number of hydroxylamine groups is 1. The van der Waals surface area contributed by atoms with Crippen molar-refractivity contribution in [1.29, 1.82) is 0 Å². The van der Waals surface area contributed by atoms with Crippen molar-refractivity contribution in [3.63, 3.8) is 0 Å². The van der Waals surface area contributed by atoms with Crippen LogP contribution >= 0.6 is 0 Å². The van der Waals surface area contributed by atoms with Gasteiger partial charge < -0.3 is 5.21 Å². The van der Waals surface area contributed by atoms with E-state index >= 15 is 0 Å². The van der Waals surface area contributed by atoms with E-state index in [-0.39, 0.29) is 6.04 Å². The minimum Gasteiger partial charge on any atom is -0.624 e. The third kappa shape index (κ3) is 2.37. The predicted octanol–water partition coefficient (Wildman–Crippen LogP) is 2.09. The van der Waals surface area contributed by atoms with Gasteiger partial charge in [-0.25, -0.2) is 4.74 Å². The average molecular weight is 153 g/mol. The summed E-state index contributed by atoms with van der Waals surface area (Å²) in [5, 5.41) is 11.2. The van der Waals surface area contributed by atoms with Crippen molar-refractivity contribution < 1.29 is 4.74 Å². The molecule has 0 heterocycles. The fourth-order valence-electron chi connectivity index (χ4n) is 1.56. The van der Waals surface area contributed by atoms with E-state index in [1.807, 2.05) is 0 Å². The number of hydrogen-bond acceptors (Lipinski definition) is 1. The van der Waals surface area contributed by atoms with Gasteiger partial charge in [-0.1, -0.05) is 13.0 Å². The highest BCUT2D eigenvalue weighted by molar-refractivity contribution is 5.65. The molecule has 2 heteroatoms. The molecule has 1 fully saturated rings. The quantitative estimate of drug-likeness (QED) is 0.258. The number of rotatable bonds is 2. The van der Waals surface area contributed by atoms with Crippen LogP contribution < -0.4 is 0 Å². The molecule has 1 aliphatic rings. The molecule has 2 nitrogen and oxygen atoms in total. The molecule has 0 aromatic rings. The van der Waals surface area contributed by atoms with Crippen molar-refractivity contribution in [3.05, 3.63) is 17.9 Å². The molecular formula is C9H15NO. The van der Waals surface area contributed by atoms with Crippen LogP contribution in [0.1, 0.15) is 32.1 Å². The van der Waals surface area contributed by atoms with Crippen LogP contribution in [0.15, 0.2) is 12.7 Å². The molecule has 11 heavy (non-hydrogen) atoms. The molecule has 1 saturated carbocycles. The minimum atomic E-state index is 0.224. The van der Waals surface area contributed by atoms with Gasteiger partial charge in [0.05, 0.1) is 0 Å². The monoisotopic (exact) mass is 153 g/mol. The molecule has 62 valence electrons. The van der Waals surface area contributed by atoms with Crippen LogP contribution in [-0.4, -0.2) is 17.0 Å². The lowest BCUT2D eigenvalue weighted by atomic mass is 9.96. The second-order valence-electron chi connectivity index (χ2n) is 3.04. The first-order valence-corrected chi connectivity index (χ1v) is 4.26. The Labute approximate surface area is 67.8 Å². The van der Waals surface area contributed by atoms with Crippen molar-refractivity contribution in [2.45, 2.75) is 38.1 Å². The van der Waals surface area contributed by atoms with Gasteiger partial charge in [0.1, 0.15) is 0 Å². The van der Waals surface area contributed by atoms with Gasteiger partial charge in [0.25, 0.3) is 0 Å². The topological polar surface area (TPSA) is 26.1 Å². The maximum Gasteiger partial charge on any atom is 0.174 e. The Morgan fingerprint density at radius 1 is 1.27 bits per heavy atom. The summed E-state index contributed by atoms with van der Waals surface area (Å²) >= 11 is 0. The molecule has 0 atom stereocenters. The van der Waals surface area contributed by atoms with Crippen LogP contribution in [0.4, 0.5) is 0 Å². The summed E-state index contributed by atoms with van der Waals surface area (Å²) in [4.78, 5) is 0. The van der Waals surface area contributed by atoms with Gasteiger partial charge in [-0.15, -0.1) is 0 Å². The Bertz CT molecular complexity index is 157. The van der Waals surface area contributed by atoms with Gasteiger partial charge in [0.2, 0.25) is 0 Å². The largest absolute Gasteiger partial charge is 0.624 e. The fraction of sp³-hybridized carbons (Fsp3) is 0.667. The molecule has 1 aliphatic carbocycles. The van der Waals surface area contributed by atoms with Crippen LogP contribution in [0.5, 0.6) is 0 Å². The summed E-state index contributed by atoms with van der Waals surface area (Å²) in [6, 6.07) is 0.224. The molecule has 0 aromatic carbocycles. The molecule has 1 rings (SSSR count). The minimum absolute atomic E-state index is 0.224. The van der Waals surface area contributed by atoms with Gasteiger partial charge in [0, 0.05) is 12.8 Å². The first-order valence-electron chi connectivity index (χ1n) is 4.26. The van der Waals surface area contributed by atoms with Crippen LogP contribution in [-0.2, 0) is 0 Å². The van der Waals surface area contributed by atoms with Crippen LogP contribution in [0.3, 0.4) is 0 Å². The standard InChI is InChI=1S/C9H15NO/c1-2-8-10(11)9-6-4-3-5-7-9/h2,8-9H,1,3-7H2/b10-8-. The first kappa shape index (κ1) is 8.31. The number of hydrogen-bond donors (Lipinski definition) is 0. The molecule has 0 bridgehead atoms. The highest BCUT2D eigenvalue weighted by Crippen LogP contribution is 2.19. The maximum atomic E-state index is 11.2. The molecule has 0 amide bonds. The Balaban J connectivity index is 2.44. The van der Waals surface area contributed by atoms with Crippen LogP contribution in [0.2, 0.25) is 0 Å². The lowest BCUT2D eigenvalue weighted by molar-refractivity contribution is -0.500. The highest BCUT2D eigenvalue weighted by Gasteiger charge is 2.18. The molecule has 0 aromatic heterocycles. The zero-order chi connectivity index (χ0) is 8.10. The summed E-state index contributed by atoms with van der Waals surface area (Å²) in [6.07, 6.45) is 8.88. The van der Waals surface area contributed by atoms with Crippen LogP contribution in [0.25, 0.3) is 0 Å². The molecule has 0 spiro atoms. The van der Waals surface area contributed by atoms with E-state index < -0.39 is 0 Å². The lowest BCUT2D eigenvalue weighted by Crippen LogP contribution is -2.24. The predicted molar refractivity (Wildman–Crippen MR) is 46.8 cm³/mol.